The Morgan fingerprint density at radius 2 is 1.53 bits per heavy atom. The number of allylic oxidation sites excluding steroid dienone is 2. The standard InChI is InChI=1S/C15H30/c1-4-6-7-8-9-10-11-12-13-14-15(3)5-2/h4,6,15H,5,7-14H2,1-3H3. The number of rotatable bonds is 10. The maximum Gasteiger partial charge on any atom is -0.0351 e. The van der Waals surface area contributed by atoms with Crippen molar-refractivity contribution >= 4 is 0 Å². The minimum Gasteiger partial charge on any atom is -0.0917 e. The zero-order valence-electron chi connectivity index (χ0n) is 11.1. The molecule has 90 valence electrons. The average molecular weight is 210 g/mol. The summed E-state index contributed by atoms with van der Waals surface area (Å²) >= 11 is 0. The van der Waals surface area contributed by atoms with E-state index in [4.69, 9.17) is 0 Å². The van der Waals surface area contributed by atoms with Crippen LogP contribution in [0.25, 0.3) is 0 Å². The predicted molar refractivity (Wildman–Crippen MR) is 71.2 cm³/mol. The van der Waals surface area contributed by atoms with E-state index >= 15 is 0 Å². The summed E-state index contributed by atoms with van der Waals surface area (Å²) in [6, 6.07) is 0. The number of unbranched alkanes of at least 4 members (excludes halogenated alkanes) is 6. The van der Waals surface area contributed by atoms with Crippen LogP contribution in [0.3, 0.4) is 0 Å². The van der Waals surface area contributed by atoms with Crippen molar-refractivity contribution in [2.45, 2.75) is 78.6 Å². The minimum absolute atomic E-state index is 0.944. The highest BCUT2D eigenvalue weighted by Crippen LogP contribution is 2.14. The highest BCUT2D eigenvalue weighted by atomic mass is 14.0. The van der Waals surface area contributed by atoms with Gasteiger partial charge in [-0.1, -0.05) is 70.9 Å². The van der Waals surface area contributed by atoms with Gasteiger partial charge in [0.05, 0.1) is 0 Å². The molecule has 0 heteroatoms. The summed E-state index contributed by atoms with van der Waals surface area (Å²) in [7, 11) is 0. The van der Waals surface area contributed by atoms with Gasteiger partial charge < -0.3 is 0 Å². The zero-order chi connectivity index (χ0) is 11.4. The molecule has 0 fully saturated rings. The molecular weight excluding hydrogens is 180 g/mol. The molecule has 0 bridgehead atoms. The van der Waals surface area contributed by atoms with Gasteiger partial charge in [0.25, 0.3) is 0 Å². The van der Waals surface area contributed by atoms with Crippen LogP contribution in [-0.2, 0) is 0 Å². The maximum absolute atomic E-state index is 2.37. The summed E-state index contributed by atoms with van der Waals surface area (Å²) in [5, 5.41) is 0. The Labute approximate surface area is 97.2 Å². The average Bonchev–Trinajstić information content (AvgIpc) is 2.26. The molecule has 15 heavy (non-hydrogen) atoms. The quantitative estimate of drug-likeness (QED) is 0.319. The fourth-order valence-corrected chi connectivity index (χ4v) is 1.83. The summed E-state index contributed by atoms with van der Waals surface area (Å²) in [6.07, 6.45) is 17.1. The van der Waals surface area contributed by atoms with Crippen LogP contribution in [0, 0.1) is 5.92 Å². The van der Waals surface area contributed by atoms with Gasteiger partial charge in [0.1, 0.15) is 0 Å². The van der Waals surface area contributed by atoms with Crippen molar-refractivity contribution < 1.29 is 0 Å². The lowest BCUT2D eigenvalue weighted by Crippen LogP contribution is -1.91. The van der Waals surface area contributed by atoms with Gasteiger partial charge in [-0.25, -0.2) is 0 Å². The minimum atomic E-state index is 0.944. The molecule has 0 amide bonds. The van der Waals surface area contributed by atoms with E-state index in [0.29, 0.717) is 0 Å². The second kappa shape index (κ2) is 11.8. The fourth-order valence-electron chi connectivity index (χ4n) is 1.83. The topological polar surface area (TPSA) is 0 Å². The summed E-state index contributed by atoms with van der Waals surface area (Å²) in [4.78, 5) is 0. The molecule has 0 aromatic heterocycles. The van der Waals surface area contributed by atoms with Gasteiger partial charge in [0.2, 0.25) is 0 Å². The van der Waals surface area contributed by atoms with Gasteiger partial charge in [-0.2, -0.15) is 0 Å². The van der Waals surface area contributed by atoms with Crippen LogP contribution in [0.15, 0.2) is 12.2 Å². The molecule has 0 rings (SSSR count). The van der Waals surface area contributed by atoms with Gasteiger partial charge in [-0.15, -0.1) is 0 Å². The van der Waals surface area contributed by atoms with Gasteiger partial charge in [0.15, 0.2) is 0 Å². The first-order chi connectivity index (χ1) is 7.31. The molecule has 0 nitrogen and oxygen atoms in total. The zero-order valence-corrected chi connectivity index (χ0v) is 11.1. The van der Waals surface area contributed by atoms with E-state index in [1.54, 1.807) is 0 Å². The van der Waals surface area contributed by atoms with E-state index in [2.05, 4.69) is 32.9 Å². The van der Waals surface area contributed by atoms with Crippen molar-refractivity contribution in [2.24, 2.45) is 5.92 Å². The van der Waals surface area contributed by atoms with Crippen molar-refractivity contribution in [3.63, 3.8) is 0 Å². The van der Waals surface area contributed by atoms with E-state index in [9.17, 15) is 0 Å². The Morgan fingerprint density at radius 3 is 2.13 bits per heavy atom. The van der Waals surface area contributed by atoms with Crippen molar-refractivity contribution in [3.05, 3.63) is 12.2 Å². The van der Waals surface area contributed by atoms with Crippen molar-refractivity contribution in [1.82, 2.24) is 0 Å². The lowest BCUT2D eigenvalue weighted by Gasteiger charge is -2.07. The van der Waals surface area contributed by atoms with Crippen LogP contribution in [0.5, 0.6) is 0 Å². The molecule has 0 aromatic rings. The van der Waals surface area contributed by atoms with E-state index in [0.717, 1.165) is 5.92 Å². The molecule has 1 atom stereocenters. The molecule has 0 saturated carbocycles. The van der Waals surface area contributed by atoms with Crippen LogP contribution in [0.1, 0.15) is 78.6 Å². The Balaban J connectivity index is 2.98. The van der Waals surface area contributed by atoms with Crippen LogP contribution in [-0.4, -0.2) is 0 Å². The lowest BCUT2D eigenvalue weighted by molar-refractivity contribution is 0.471. The third kappa shape index (κ3) is 11.7. The molecule has 0 saturated heterocycles. The predicted octanol–water partition coefficient (Wildman–Crippen LogP) is 5.73. The first-order valence-electron chi connectivity index (χ1n) is 6.92. The second-order valence-corrected chi connectivity index (χ2v) is 4.78. The van der Waals surface area contributed by atoms with Crippen molar-refractivity contribution in [3.8, 4) is 0 Å². The van der Waals surface area contributed by atoms with Crippen LogP contribution in [0.2, 0.25) is 0 Å². The van der Waals surface area contributed by atoms with E-state index in [-0.39, 0.29) is 0 Å². The van der Waals surface area contributed by atoms with Gasteiger partial charge in [0, 0.05) is 0 Å². The summed E-state index contributed by atoms with van der Waals surface area (Å²) in [5.41, 5.74) is 0. The van der Waals surface area contributed by atoms with Crippen LogP contribution >= 0.6 is 0 Å². The number of hydrogen-bond acceptors (Lipinski definition) is 0. The largest absolute Gasteiger partial charge is 0.0917 e. The van der Waals surface area contributed by atoms with Gasteiger partial charge >= 0.3 is 0 Å². The Kier molecular flexibility index (Phi) is 11.6. The monoisotopic (exact) mass is 210 g/mol. The third-order valence-electron chi connectivity index (χ3n) is 3.25. The summed E-state index contributed by atoms with van der Waals surface area (Å²) in [5.74, 6) is 0.944. The lowest BCUT2D eigenvalue weighted by atomic mass is 10.00. The molecular formula is C15H30. The Bertz CT molecular complexity index is 135. The van der Waals surface area contributed by atoms with Crippen molar-refractivity contribution in [1.29, 1.82) is 0 Å². The smallest absolute Gasteiger partial charge is 0.0351 e. The molecule has 0 radical (unpaired) electrons. The molecule has 0 heterocycles. The van der Waals surface area contributed by atoms with Gasteiger partial charge in [-0.3, -0.25) is 0 Å². The van der Waals surface area contributed by atoms with Crippen LogP contribution in [0.4, 0.5) is 0 Å². The van der Waals surface area contributed by atoms with E-state index in [1.807, 2.05) is 0 Å². The Morgan fingerprint density at radius 1 is 0.933 bits per heavy atom. The van der Waals surface area contributed by atoms with E-state index in [1.165, 1.54) is 57.8 Å². The van der Waals surface area contributed by atoms with Crippen LogP contribution < -0.4 is 0 Å². The first kappa shape index (κ1) is 14.7. The molecule has 0 spiro atoms. The summed E-state index contributed by atoms with van der Waals surface area (Å²) in [6.45, 7) is 6.78. The molecule has 0 aliphatic carbocycles. The van der Waals surface area contributed by atoms with E-state index < -0.39 is 0 Å². The van der Waals surface area contributed by atoms with Crippen molar-refractivity contribution in [2.75, 3.05) is 0 Å². The van der Waals surface area contributed by atoms with Gasteiger partial charge in [-0.05, 0) is 25.7 Å². The second-order valence-electron chi connectivity index (χ2n) is 4.78. The SMILES string of the molecule is CC=CCCCCCCCCC(C)CC. The number of hydrogen-bond donors (Lipinski definition) is 0. The molecule has 1 unspecified atom stereocenters. The molecule has 0 aliphatic rings. The molecule has 0 aliphatic heterocycles. The molecule has 0 N–H and O–H groups in total. The highest BCUT2D eigenvalue weighted by molar-refractivity contribution is 4.76. The highest BCUT2D eigenvalue weighted by Gasteiger charge is 1.97. The summed E-state index contributed by atoms with van der Waals surface area (Å²) < 4.78 is 0. The fraction of sp³-hybridized carbons (Fsp3) is 0.867. The molecule has 0 aromatic carbocycles. The third-order valence-corrected chi connectivity index (χ3v) is 3.25. The normalized spacial score (nSPS) is 13.5. The Hall–Kier alpha value is -0.260. The first-order valence-corrected chi connectivity index (χ1v) is 6.92. The maximum atomic E-state index is 2.37.